The maximum Gasteiger partial charge on any atom is 0.177 e. The quantitative estimate of drug-likeness (QED) is 0.732. The molecule has 4 nitrogen and oxygen atoms in total. The number of imidazole rings is 1. The molecule has 0 amide bonds. The van der Waals surface area contributed by atoms with Crippen molar-refractivity contribution in [1.82, 2.24) is 20.3 Å². The van der Waals surface area contributed by atoms with Gasteiger partial charge in [-0.25, -0.2) is 9.97 Å². The molecule has 3 rings (SSSR count). The summed E-state index contributed by atoms with van der Waals surface area (Å²) in [5.74, 6) is 2.21. The van der Waals surface area contributed by atoms with Crippen LogP contribution in [0.2, 0.25) is 0 Å². The third-order valence-electron chi connectivity index (χ3n) is 3.14. The molecule has 0 aromatic carbocycles. The van der Waals surface area contributed by atoms with E-state index in [1.54, 1.807) is 6.20 Å². The number of aromatic amines is 1. The first-order chi connectivity index (χ1) is 7.34. The van der Waals surface area contributed by atoms with Gasteiger partial charge < -0.3 is 10.3 Å². The molecule has 0 aliphatic carbocycles. The lowest BCUT2D eigenvalue weighted by atomic mass is 9.98. The van der Waals surface area contributed by atoms with Crippen LogP contribution in [0, 0.1) is 5.92 Å². The molecule has 1 aliphatic rings. The Balaban J connectivity index is 2.04. The summed E-state index contributed by atoms with van der Waals surface area (Å²) in [7, 11) is 0. The molecule has 78 valence electrons. The van der Waals surface area contributed by atoms with Gasteiger partial charge >= 0.3 is 0 Å². The third-order valence-corrected chi connectivity index (χ3v) is 3.14. The van der Waals surface area contributed by atoms with E-state index in [4.69, 9.17) is 0 Å². The van der Waals surface area contributed by atoms with Crippen LogP contribution in [0.15, 0.2) is 18.3 Å². The van der Waals surface area contributed by atoms with Gasteiger partial charge in [0.1, 0.15) is 5.82 Å². The van der Waals surface area contributed by atoms with Gasteiger partial charge in [-0.1, -0.05) is 6.92 Å². The highest BCUT2D eigenvalue weighted by Crippen LogP contribution is 2.26. The number of pyridine rings is 1. The van der Waals surface area contributed by atoms with Crippen molar-refractivity contribution in [1.29, 1.82) is 0 Å². The van der Waals surface area contributed by atoms with Gasteiger partial charge in [0.05, 0.1) is 5.52 Å². The summed E-state index contributed by atoms with van der Waals surface area (Å²) in [6.45, 7) is 4.35. The summed E-state index contributed by atoms with van der Waals surface area (Å²) in [6, 6.07) is 3.95. The highest BCUT2D eigenvalue weighted by atomic mass is 15.0. The Hall–Kier alpha value is -1.42. The van der Waals surface area contributed by atoms with Gasteiger partial charge in [-0.15, -0.1) is 0 Å². The van der Waals surface area contributed by atoms with Gasteiger partial charge in [0.25, 0.3) is 0 Å². The highest BCUT2D eigenvalue weighted by Gasteiger charge is 2.27. The minimum absolute atomic E-state index is 0.499. The van der Waals surface area contributed by atoms with Crippen LogP contribution in [0.1, 0.15) is 18.7 Å². The fraction of sp³-hybridized carbons (Fsp3) is 0.455. The SMILES string of the molecule is C[C@@H]1CNC[C@H]1c1nc2ncccc2[nH]1. The molecule has 2 aromatic rings. The molecule has 2 N–H and O–H groups in total. The predicted molar refractivity (Wildman–Crippen MR) is 58.7 cm³/mol. The average molecular weight is 202 g/mol. The lowest BCUT2D eigenvalue weighted by molar-refractivity contribution is 0.551. The van der Waals surface area contributed by atoms with Crippen LogP contribution in [0.5, 0.6) is 0 Å². The van der Waals surface area contributed by atoms with E-state index in [1.807, 2.05) is 12.1 Å². The summed E-state index contributed by atoms with van der Waals surface area (Å²) < 4.78 is 0. The summed E-state index contributed by atoms with van der Waals surface area (Å²) in [5, 5.41) is 3.38. The Morgan fingerprint density at radius 2 is 2.33 bits per heavy atom. The van der Waals surface area contributed by atoms with E-state index in [0.717, 1.165) is 30.1 Å². The second-order valence-electron chi connectivity index (χ2n) is 4.24. The van der Waals surface area contributed by atoms with E-state index in [-0.39, 0.29) is 0 Å². The number of hydrogen-bond donors (Lipinski definition) is 2. The summed E-state index contributed by atoms with van der Waals surface area (Å²) >= 11 is 0. The zero-order chi connectivity index (χ0) is 10.3. The van der Waals surface area contributed by atoms with Gasteiger partial charge in [-0.2, -0.15) is 0 Å². The normalized spacial score (nSPS) is 26.2. The molecule has 2 aromatic heterocycles. The van der Waals surface area contributed by atoms with Crippen LogP contribution in [0.3, 0.4) is 0 Å². The van der Waals surface area contributed by atoms with Crippen molar-refractivity contribution in [3.63, 3.8) is 0 Å². The summed E-state index contributed by atoms with van der Waals surface area (Å²) in [4.78, 5) is 12.1. The second kappa shape index (κ2) is 3.31. The number of nitrogens with zero attached hydrogens (tertiary/aromatic N) is 2. The van der Waals surface area contributed by atoms with E-state index in [2.05, 4.69) is 27.2 Å². The number of rotatable bonds is 1. The third kappa shape index (κ3) is 1.41. The average Bonchev–Trinajstić information content (AvgIpc) is 2.82. The Bertz CT molecular complexity index is 443. The smallest absolute Gasteiger partial charge is 0.177 e. The van der Waals surface area contributed by atoms with Crippen LogP contribution in [-0.4, -0.2) is 28.0 Å². The molecule has 1 aliphatic heterocycles. The molecule has 0 saturated carbocycles. The molecule has 0 bridgehead atoms. The maximum absolute atomic E-state index is 4.54. The Morgan fingerprint density at radius 1 is 1.40 bits per heavy atom. The minimum Gasteiger partial charge on any atom is -0.340 e. The van der Waals surface area contributed by atoms with E-state index in [0.29, 0.717) is 11.8 Å². The second-order valence-corrected chi connectivity index (χ2v) is 4.24. The van der Waals surface area contributed by atoms with Crippen molar-refractivity contribution in [3.05, 3.63) is 24.2 Å². The molecule has 4 heteroatoms. The van der Waals surface area contributed by atoms with Crippen molar-refractivity contribution in [2.45, 2.75) is 12.8 Å². The Labute approximate surface area is 88.1 Å². The van der Waals surface area contributed by atoms with Crippen molar-refractivity contribution >= 4 is 11.2 Å². The van der Waals surface area contributed by atoms with Gasteiger partial charge in [0.2, 0.25) is 0 Å². The monoisotopic (exact) mass is 202 g/mol. The van der Waals surface area contributed by atoms with Crippen LogP contribution in [-0.2, 0) is 0 Å². The molecule has 3 heterocycles. The van der Waals surface area contributed by atoms with Crippen molar-refractivity contribution < 1.29 is 0 Å². The number of hydrogen-bond acceptors (Lipinski definition) is 3. The van der Waals surface area contributed by atoms with Crippen LogP contribution in [0.4, 0.5) is 0 Å². The Kier molecular flexibility index (Phi) is 1.95. The zero-order valence-electron chi connectivity index (χ0n) is 8.70. The maximum atomic E-state index is 4.54. The number of aromatic nitrogens is 3. The van der Waals surface area contributed by atoms with E-state index >= 15 is 0 Å². The molecule has 15 heavy (non-hydrogen) atoms. The topological polar surface area (TPSA) is 53.6 Å². The summed E-state index contributed by atoms with van der Waals surface area (Å²) in [5.41, 5.74) is 1.86. The van der Waals surface area contributed by atoms with Gasteiger partial charge in [-0.3, -0.25) is 0 Å². The molecule has 1 fully saturated rings. The first-order valence-corrected chi connectivity index (χ1v) is 5.36. The predicted octanol–water partition coefficient (Wildman–Crippen LogP) is 1.28. The largest absolute Gasteiger partial charge is 0.340 e. The fourth-order valence-electron chi connectivity index (χ4n) is 2.22. The highest BCUT2D eigenvalue weighted by molar-refractivity contribution is 5.70. The summed E-state index contributed by atoms with van der Waals surface area (Å²) in [6.07, 6.45) is 1.78. The van der Waals surface area contributed by atoms with E-state index in [9.17, 15) is 0 Å². The first-order valence-electron chi connectivity index (χ1n) is 5.36. The van der Waals surface area contributed by atoms with Gasteiger partial charge in [0.15, 0.2) is 5.65 Å². The van der Waals surface area contributed by atoms with Crippen molar-refractivity contribution in [3.8, 4) is 0 Å². The number of nitrogens with one attached hydrogen (secondary N) is 2. The zero-order valence-corrected chi connectivity index (χ0v) is 8.70. The molecular weight excluding hydrogens is 188 g/mol. The molecule has 0 spiro atoms. The lowest BCUT2D eigenvalue weighted by Crippen LogP contribution is -2.09. The lowest BCUT2D eigenvalue weighted by Gasteiger charge is -2.09. The first kappa shape index (κ1) is 8.85. The van der Waals surface area contributed by atoms with Crippen LogP contribution < -0.4 is 5.32 Å². The Morgan fingerprint density at radius 3 is 3.07 bits per heavy atom. The number of fused-ring (bicyclic) bond motifs is 1. The molecule has 0 radical (unpaired) electrons. The fourth-order valence-corrected chi connectivity index (χ4v) is 2.22. The van der Waals surface area contributed by atoms with Crippen LogP contribution in [0.25, 0.3) is 11.2 Å². The minimum atomic E-state index is 0.499. The molecule has 0 unspecified atom stereocenters. The van der Waals surface area contributed by atoms with Gasteiger partial charge in [-0.05, 0) is 24.6 Å². The molecular formula is C11H14N4. The van der Waals surface area contributed by atoms with Crippen molar-refractivity contribution in [2.75, 3.05) is 13.1 Å². The van der Waals surface area contributed by atoms with Gasteiger partial charge in [0, 0.05) is 18.7 Å². The van der Waals surface area contributed by atoms with E-state index < -0.39 is 0 Å². The van der Waals surface area contributed by atoms with E-state index in [1.165, 1.54) is 0 Å². The van der Waals surface area contributed by atoms with Crippen LogP contribution >= 0.6 is 0 Å². The molecule has 2 atom stereocenters. The van der Waals surface area contributed by atoms with Crippen molar-refractivity contribution in [2.24, 2.45) is 5.92 Å². The molecule has 1 saturated heterocycles. The standard InChI is InChI=1S/C11H14N4/c1-7-5-12-6-8(7)10-14-9-3-2-4-13-11(9)15-10/h2-4,7-8,12H,5-6H2,1H3,(H,13,14,15)/t7-,8-/m1/s1. The number of H-pyrrole nitrogens is 1.